The van der Waals surface area contributed by atoms with Crippen molar-refractivity contribution < 1.29 is 14.3 Å². The predicted molar refractivity (Wildman–Crippen MR) is 38.4 cm³/mol. The average Bonchev–Trinajstić information content (AvgIpc) is 1.85. The van der Waals surface area contributed by atoms with Gasteiger partial charge in [0.25, 0.3) is 0 Å². The lowest BCUT2D eigenvalue weighted by Crippen LogP contribution is -2.24. The summed E-state index contributed by atoms with van der Waals surface area (Å²) in [7, 11) is 0. The molecule has 11 heavy (non-hydrogen) atoms. The van der Waals surface area contributed by atoms with Crippen molar-refractivity contribution >= 4 is 21.9 Å². The maximum atomic E-state index is 12.7. The summed E-state index contributed by atoms with van der Waals surface area (Å²) in [6, 6.07) is 3.91. The van der Waals surface area contributed by atoms with Gasteiger partial charge in [-0.15, -0.1) is 0 Å². The third-order valence-corrected chi connectivity index (χ3v) is 1.83. The summed E-state index contributed by atoms with van der Waals surface area (Å²) in [5.74, 6) is -2.31. The summed E-state index contributed by atoms with van der Waals surface area (Å²) in [5.41, 5.74) is -0.437. The van der Waals surface area contributed by atoms with Gasteiger partial charge >= 0.3 is 0 Å². The van der Waals surface area contributed by atoms with Gasteiger partial charge in [0.2, 0.25) is 0 Å². The molecule has 1 rings (SSSR count). The zero-order valence-corrected chi connectivity index (χ0v) is 6.89. The highest BCUT2D eigenvalue weighted by atomic mass is 79.9. The molecule has 0 aliphatic heterocycles. The lowest BCUT2D eigenvalue weighted by atomic mass is 10.2. The predicted octanol–water partition coefficient (Wildman–Crippen LogP) is 0.952. The quantitative estimate of drug-likeness (QED) is 0.703. The van der Waals surface area contributed by atoms with Crippen LogP contribution in [0.2, 0.25) is 0 Å². The first kappa shape index (κ1) is 8.20. The average molecular weight is 218 g/mol. The second-order valence-corrected chi connectivity index (χ2v) is 2.74. The zero-order chi connectivity index (χ0) is 8.43. The molecule has 1 aromatic carbocycles. The van der Waals surface area contributed by atoms with E-state index in [-0.39, 0.29) is 4.47 Å². The van der Waals surface area contributed by atoms with Crippen LogP contribution < -0.4 is 5.11 Å². The lowest BCUT2D eigenvalue weighted by Gasteiger charge is -2.05. The molecule has 0 aliphatic rings. The highest BCUT2D eigenvalue weighted by Crippen LogP contribution is 2.18. The Kier molecular flexibility index (Phi) is 2.24. The molecule has 0 saturated carbocycles. The minimum atomic E-state index is -1.52. The molecule has 0 heterocycles. The number of carbonyl (C=O) groups is 1. The first-order valence-corrected chi connectivity index (χ1v) is 3.57. The van der Waals surface area contributed by atoms with Gasteiger partial charge in [-0.25, -0.2) is 4.39 Å². The lowest BCUT2D eigenvalue weighted by molar-refractivity contribution is -0.255. The van der Waals surface area contributed by atoms with Gasteiger partial charge in [-0.1, -0.05) is 22.0 Å². The molecule has 0 saturated heterocycles. The van der Waals surface area contributed by atoms with Crippen LogP contribution >= 0.6 is 15.9 Å². The van der Waals surface area contributed by atoms with Crippen molar-refractivity contribution in [1.82, 2.24) is 0 Å². The van der Waals surface area contributed by atoms with E-state index in [2.05, 4.69) is 15.9 Å². The molecule has 0 aromatic heterocycles. The van der Waals surface area contributed by atoms with Crippen molar-refractivity contribution in [1.29, 1.82) is 0 Å². The number of halogens is 2. The number of benzene rings is 1. The van der Waals surface area contributed by atoms with Gasteiger partial charge in [-0.05, 0) is 12.1 Å². The molecule has 2 nitrogen and oxygen atoms in total. The van der Waals surface area contributed by atoms with Crippen LogP contribution in [0.1, 0.15) is 10.4 Å². The van der Waals surface area contributed by atoms with Crippen molar-refractivity contribution in [2.45, 2.75) is 0 Å². The number of carboxylic acid groups (broad SMARTS) is 1. The van der Waals surface area contributed by atoms with Gasteiger partial charge in [0.15, 0.2) is 0 Å². The summed E-state index contributed by atoms with van der Waals surface area (Å²) in [4.78, 5) is 10.3. The summed E-state index contributed by atoms with van der Waals surface area (Å²) >= 11 is 2.89. The third kappa shape index (κ3) is 1.57. The molecule has 58 valence electrons. The van der Waals surface area contributed by atoms with Crippen molar-refractivity contribution in [2.75, 3.05) is 0 Å². The van der Waals surface area contributed by atoms with Crippen LogP contribution in [0.3, 0.4) is 0 Å². The Labute approximate surface area is 70.8 Å². The number of aromatic carboxylic acids is 1. The maximum absolute atomic E-state index is 12.7. The van der Waals surface area contributed by atoms with Crippen LogP contribution in [0.15, 0.2) is 22.7 Å². The van der Waals surface area contributed by atoms with Crippen LogP contribution in [0, 0.1) is 5.82 Å². The number of hydrogen-bond acceptors (Lipinski definition) is 2. The van der Waals surface area contributed by atoms with E-state index in [0.29, 0.717) is 0 Å². The fourth-order valence-electron chi connectivity index (χ4n) is 0.693. The van der Waals surface area contributed by atoms with Gasteiger partial charge in [0, 0.05) is 10.0 Å². The first-order valence-electron chi connectivity index (χ1n) is 2.78. The van der Waals surface area contributed by atoms with E-state index in [4.69, 9.17) is 0 Å². The van der Waals surface area contributed by atoms with E-state index < -0.39 is 17.3 Å². The van der Waals surface area contributed by atoms with E-state index in [9.17, 15) is 14.3 Å². The topological polar surface area (TPSA) is 40.1 Å². The van der Waals surface area contributed by atoms with Crippen LogP contribution in [-0.4, -0.2) is 5.97 Å². The molecule has 0 spiro atoms. The highest BCUT2D eigenvalue weighted by Gasteiger charge is 2.05. The van der Waals surface area contributed by atoms with E-state index >= 15 is 0 Å². The molecule has 0 aliphatic carbocycles. The van der Waals surface area contributed by atoms with E-state index in [0.717, 1.165) is 6.07 Å². The molecule has 0 radical (unpaired) electrons. The second-order valence-electron chi connectivity index (χ2n) is 1.88. The Bertz CT molecular complexity index is 278. The van der Waals surface area contributed by atoms with Crippen LogP contribution in [-0.2, 0) is 0 Å². The fourth-order valence-corrected chi connectivity index (χ4v) is 1.20. The summed E-state index contributed by atoms with van der Waals surface area (Å²) in [5, 5.41) is 10.3. The molecule has 0 atom stereocenters. The van der Waals surface area contributed by atoms with Crippen LogP contribution in [0.25, 0.3) is 0 Å². The Morgan fingerprint density at radius 1 is 1.55 bits per heavy atom. The van der Waals surface area contributed by atoms with Crippen LogP contribution in [0.4, 0.5) is 4.39 Å². The summed E-state index contributed by atoms with van der Waals surface area (Å²) in [6.45, 7) is 0. The molecule has 0 amide bonds. The first-order chi connectivity index (χ1) is 5.13. The monoisotopic (exact) mass is 217 g/mol. The number of carboxylic acids is 1. The maximum Gasteiger partial charge on any atom is 0.133 e. The molecular weight excluding hydrogens is 215 g/mol. The number of rotatable bonds is 1. The molecule has 0 fully saturated rings. The standard InChI is InChI=1S/C7H4BrFO2/c8-4-2-1-3-5(9)6(4)7(10)11/h1-3H,(H,10,11)/p-1. The number of carbonyl (C=O) groups excluding carboxylic acids is 1. The molecular formula is C7H3BrFO2-. The van der Waals surface area contributed by atoms with Crippen molar-refractivity contribution in [2.24, 2.45) is 0 Å². The van der Waals surface area contributed by atoms with Crippen LogP contribution in [0.5, 0.6) is 0 Å². The van der Waals surface area contributed by atoms with E-state index in [1.165, 1.54) is 12.1 Å². The van der Waals surface area contributed by atoms with E-state index in [1.807, 2.05) is 0 Å². The highest BCUT2D eigenvalue weighted by molar-refractivity contribution is 9.10. The van der Waals surface area contributed by atoms with Crippen molar-refractivity contribution in [3.8, 4) is 0 Å². The van der Waals surface area contributed by atoms with Crippen molar-refractivity contribution in [3.63, 3.8) is 0 Å². The largest absolute Gasteiger partial charge is 0.545 e. The Hall–Kier alpha value is -0.900. The number of hydrogen-bond donors (Lipinski definition) is 0. The van der Waals surface area contributed by atoms with Gasteiger partial charge < -0.3 is 9.90 Å². The van der Waals surface area contributed by atoms with Gasteiger partial charge in [0.05, 0.1) is 5.97 Å². The SMILES string of the molecule is O=C([O-])c1c(F)cccc1Br. The molecule has 1 aromatic rings. The molecule has 0 unspecified atom stereocenters. The minimum Gasteiger partial charge on any atom is -0.545 e. The Balaban J connectivity index is 3.32. The van der Waals surface area contributed by atoms with E-state index in [1.54, 1.807) is 0 Å². The van der Waals surface area contributed by atoms with Gasteiger partial charge in [-0.2, -0.15) is 0 Å². The zero-order valence-electron chi connectivity index (χ0n) is 5.30. The molecule has 0 bridgehead atoms. The third-order valence-electron chi connectivity index (χ3n) is 1.17. The smallest absolute Gasteiger partial charge is 0.133 e. The van der Waals surface area contributed by atoms with Crippen molar-refractivity contribution in [3.05, 3.63) is 34.1 Å². The Morgan fingerprint density at radius 3 is 2.55 bits per heavy atom. The Morgan fingerprint density at radius 2 is 2.18 bits per heavy atom. The fraction of sp³-hybridized carbons (Fsp3) is 0. The molecule has 4 heteroatoms. The normalized spacial score (nSPS) is 9.64. The summed E-state index contributed by atoms with van der Waals surface area (Å²) in [6.07, 6.45) is 0. The van der Waals surface area contributed by atoms with Gasteiger partial charge in [-0.3, -0.25) is 0 Å². The van der Waals surface area contributed by atoms with Gasteiger partial charge in [0.1, 0.15) is 5.82 Å². The summed E-state index contributed by atoms with van der Waals surface area (Å²) < 4.78 is 12.8. The molecule has 0 N–H and O–H groups in total. The second kappa shape index (κ2) is 3.00. The minimum absolute atomic E-state index is 0.192.